The van der Waals surface area contributed by atoms with Gasteiger partial charge in [-0.15, -0.1) is 0 Å². The highest BCUT2D eigenvalue weighted by Crippen LogP contribution is 2.33. The molecule has 2 aromatic rings. The lowest BCUT2D eigenvalue weighted by Crippen LogP contribution is -2.22. The van der Waals surface area contributed by atoms with Crippen molar-refractivity contribution in [2.75, 3.05) is 0 Å². The summed E-state index contributed by atoms with van der Waals surface area (Å²) < 4.78 is 18.4. The van der Waals surface area contributed by atoms with Gasteiger partial charge in [-0.3, -0.25) is 0 Å². The van der Waals surface area contributed by atoms with Crippen LogP contribution in [-0.2, 0) is 0 Å². The zero-order valence-electron chi connectivity index (χ0n) is 10.7. The van der Waals surface area contributed by atoms with Crippen LogP contribution in [0.15, 0.2) is 22.7 Å². The Kier molecular flexibility index (Phi) is 3.72. The molecule has 1 heterocycles. The van der Waals surface area contributed by atoms with Gasteiger partial charge in [0.2, 0.25) is 11.7 Å². The lowest BCUT2D eigenvalue weighted by atomic mass is 9.86. The molecular formula is C14H14ClFN2O2. The van der Waals surface area contributed by atoms with Crippen molar-refractivity contribution in [2.45, 2.75) is 37.7 Å². The topological polar surface area (TPSA) is 59.2 Å². The van der Waals surface area contributed by atoms with Gasteiger partial charge in [0.05, 0.1) is 17.0 Å². The third-order valence-electron chi connectivity index (χ3n) is 3.67. The Hall–Kier alpha value is -1.46. The summed E-state index contributed by atoms with van der Waals surface area (Å²) in [6, 6.07) is 4.28. The van der Waals surface area contributed by atoms with Crippen molar-refractivity contribution in [2.24, 2.45) is 0 Å². The molecule has 0 radical (unpaired) electrons. The zero-order valence-corrected chi connectivity index (χ0v) is 11.5. The van der Waals surface area contributed by atoms with Crippen LogP contribution in [-0.4, -0.2) is 21.4 Å². The molecule has 2 atom stereocenters. The van der Waals surface area contributed by atoms with Gasteiger partial charge in [0.15, 0.2) is 0 Å². The van der Waals surface area contributed by atoms with Crippen molar-refractivity contribution in [3.8, 4) is 11.4 Å². The van der Waals surface area contributed by atoms with E-state index in [4.69, 9.17) is 16.1 Å². The highest BCUT2D eigenvalue weighted by atomic mass is 35.5. The summed E-state index contributed by atoms with van der Waals surface area (Å²) in [5.74, 6) is 0.204. The Bertz CT molecular complexity index is 617. The number of halogens is 2. The van der Waals surface area contributed by atoms with Gasteiger partial charge in [0.25, 0.3) is 0 Å². The van der Waals surface area contributed by atoms with E-state index in [2.05, 4.69) is 10.1 Å². The number of hydrogen-bond donors (Lipinski definition) is 1. The van der Waals surface area contributed by atoms with E-state index in [1.807, 2.05) is 0 Å². The quantitative estimate of drug-likeness (QED) is 0.920. The van der Waals surface area contributed by atoms with Gasteiger partial charge in [-0.1, -0.05) is 29.6 Å². The molecule has 1 aromatic heterocycles. The molecule has 4 nitrogen and oxygen atoms in total. The summed E-state index contributed by atoms with van der Waals surface area (Å²) in [4.78, 5) is 4.31. The summed E-state index contributed by atoms with van der Waals surface area (Å²) in [6.45, 7) is 0. The molecule has 6 heteroatoms. The second kappa shape index (κ2) is 5.50. The van der Waals surface area contributed by atoms with Crippen LogP contribution in [0, 0.1) is 5.82 Å². The second-order valence-electron chi connectivity index (χ2n) is 5.04. The lowest BCUT2D eigenvalue weighted by molar-refractivity contribution is 0.0908. The molecule has 20 heavy (non-hydrogen) atoms. The van der Waals surface area contributed by atoms with E-state index in [0.717, 1.165) is 25.7 Å². The Balaban J connectivity index is 1.87. The molecule has 1 saturated carbocycles. The molecule has 0 aliphatic heterocycles. The molecular weight excluding hydrogens is 283 g/mol. The van der Waals surface area contributed by atoms with E-state index >= 15 is 0 Å². The minimum atomic E-state index is -0.484. The average Bonchev–Trinajstić information content (AvgIpc) is 2.92. The average molecular weight is 297 g/mol. The fraction of sp³-hybridized carbons (Fsp3) is 0.429. The van der Waals surface area contributed by atoms with E-state index in [9.17, 15) is 9.50 Å². The highest BCUT2D eigenvalue weighted by molar-refractivity contribution is 6.31. The number of benzene rings is 1. The van der Waals surface area contributed by atoms with Gasteiger partial charge in [0, 0.05) is 5.56 Å². The Morgan fingerprint density at radius 2 is 2.10 bits per heavy atom. The van der Waals surface area contributed by atoms with Crippen LogP contribution >= 0.6 is 11.6 Å². The normalized spacial score (nSPS) is 22.9. The molecule has 1 aliphatic rings. The molecule has 0 saturated heterocycles. The first-order valence-corrected chi connectivity index (χ1v) is 7.00. The number of aliphatic hydroxyl groups excluding tert-OH is 1. The number of aliphatic hydroxyl groups is 1. The fourth-order valence-electron chi connectivity index (χ4n) is 2.54. The van der Waals surface area contributed by atoms with Crippen LogP contribution in [0.3, 0.4) is 0 Å². The predicted octanol–water partition coefficient (Wildman–Crippen LogP) is 3.55. The zero-order chi connectivity index (χ0) is 14.1. The standard InChI is InChI=1S/C14H14ClFN2O2/c15-10-7-8(5-6-11(10)16)13-17-14(20-18-13)9-3-1-2-4-12(9)19/h5-7,9,12,19H,1-4H2. The van der Waals surface area contributed by atoms with E-state index in [1.54, 1.807) is 6.07 Å². The summed E-state index contributed by atoms with van der Waals surface area (Å²) in [5, 5.41) is 13.9. The maximum absolute atomic E-state index is 13.1. The first kappa shape index (κ1) is 13.5. The van der Waals surface area contributed by atoms with Crippen LogP contribution in [0.4, 0.5) is 4.39 Å². The van der Waals surface area contributed by atoms with Crippen molar-refractivity contribution in [1.29, 1.82) is 0 Å². The van der Waals surface area contributed by atoms with Crippen molar-refractivity contribution < 1.29 is 14.0 Å². The molecule has 1 N–H and O–H groups in total. The molecule has 2 unspecified atom stereocenters. The van der Waals surface area contributed by atoms with Crippen molar-refractivity contribution >= 4 is 11.6 Å². The Morgan fingerprint density at radius 1 is 1.30 bits per heavy atom. The number of rotatable bonds is 2. The number of hydrogen-bond acceptors (Lipinski definition) is 4. The second-order valence-corrected chi connectivity index (χ2v) is 5.45. The fourth-order valence-corrected chi connectivity index (χ4v) is 2.72. The van der Waals surface area contributed by atoms with Crippen LogP contribution in [0.25, 0.3) is 11.4 Å². The van der Waals surface area contributed by atoms with E-state index in [1.165, 1.54) is 12.1 Å². The van der Waals surface area contributed by atoms with Gasteiger partial charge in [-0.25, -0.2) is 4.39 Å². The summed E-state index contributed by atoms with van der Waals surface area (Å²) in [6.07, 6.45) is 3.22. The van der Waals surface area contributed by atoms with Crippen LogP contribution in [0.5, 0.6) is 0 Å². The summed E-state index contributed by atoms with van der Waals surface area (Å²) in [5.41, 5.74) is 0.594. The first-order valence-electron chi connectivity index (χ1n) is 6.62. The lowest BCUT2D eigenvalue weighted by Gasteiger charge is -2.24. The SMILES string of the molecule is OC1CCCCC1c1nc(-c2ccc(F)c(Cl)c2)no1. The number of aromatic nitrogens is 2. The van der Waals surface area contributed by atoms with Gasteiger partial charge in [-0.2, -0.15) is 4.98 Å². The molecule has 0 amide bonds. The van der Waals surface area contributed by atoms with Gasteiger partial charge in [0.1, 0.15) is 5.82 Å². The van der Waals surface area contributed by atoms with Crippen LogP contribution in [0.2, 0.25) is 5.02 Å². The molecule has 1 aromatic carbocycles. The third kappa shape index (κ3) is 2.55. The minimum absolute atomic E-state index is 0.0200. The third-order valence-corrected chi connectivity index (χ3v) is 3.96. The summed E-state index contributed by atoms with van der Waals surface area (Å²) in [7, 11) is 0. The Labute approximate surface area is 120 Å². The smallest absolute Gasteiger partial charge is 0.232 e. The molecule has 106 valence electrons. The van der Waals surface area contributed by atoms with Crippen LogP contribution in [0.1, 0.15) is 37.5 Å². The summed E-state index contributed by atoms with van der Waals surface area (Å²) >= 11 is 5.74. The maximum atomic E-state index is 13.1. The van der Waals surface area contributed by atoms with E-state index < -0.39 is 11.9 Å². The van der Waals surface area contributed by atoms with Gasteiger partial charge < -0.3 is 9.63 Å². The molecule has 1 fully saturated rings. The van der Waals surface area contributed by atoms with E-state index in [-0.39, 0.29) is 10.9 Å². The van der Waals surface area contributed by atoms with Crippen LogP contribution < -0.4 is 0 Å². The predicted molar refractivity (Wildman–Crippen MR) is 71.9 cm³/mol. The first-order chi connectivity index (χ1) is 9.65. The number of nitrogens with zero attached hydrogens (tertiary/aromatic N) is 2. The van der Waals surface area contributed by atoms with Crippen molar-refractivity contribution in [3.63, 3.8) is 0 Å². The molecule has 0 bridgehead atoms. The largest absolute Gasteiger partial charge is 0.392 e. The Morgan fingerprint density at radius 3 is 2.85 bits per heavy atom. The van der Waals surface area contributed by atoms with Crippen molar-refractivity contribution in [3.05, 3.63) is 34.9 Å². The highest BCUT2D eigenvalue weighted by Gasteiger charge is 2.29. The van der Waals surface area contributed by atoms with Crippen molar-refractivity contribution in [1.82, 2.24) is 10.1 Å². The minimum Gasteiger partial charge on any atom is -0.392 e. The maximum Gasteiger partial charge on any atom is 0.232 e. The van der Waals surface area contributed by atoms with Gasteiger partial charge >= 0.3 is 0 Å². The monoisotopic (exact) mass is 296 g/mol. The molecule has 1 aliphatic carbocycles. The molecule has 0 spiro atoms. The molecule has 3 rings (SSSR count). The van der Waals surface area contributed by atoms with E-state index in [0.29, 0.717) is 17.3 Å². The van der Waals surface area contributed by atoms with Gasteiger partial charge in [-0.05, 0) is 31.0 Å².